The minimum absolute atomic E-state index is 0.496. The Morgan fingerprint density at radius 1 is 1.25 bits per heavy atom. The van der Waals surface area contributed by atoms with Gasteiger partial charge in [-0.25, -0.2) is 0 Å². The normalized spacial score (nSPS) is 12.3. The quantitative estimate of drug-likeness (QED) is 0.845. The Bertz CT molecular complexity index is 560. The number of nitrogens with zero attached hydrogens (tertiary/aromatic N) is 1. The highest BCUT2D eigenvalue weighted by molar-refractivity contribution is 9.10. The average Bonchev–Trinajstić information content (AvgIpc) is 2.42. The van der Waals surface area contributed by atoms with Crippen LogP contribution in [0.4, 0.5) is 0 Å². The molecule has 2 nitrogen and oxygen atoms in total. The molecule has 4 heteroatoms. The maximum atomic E-state index is 6.26. The monoisotopic (exact) mass is 352 g/mol. The van der Waals surface area contributed by atoms with E-state index >= 15 is 0 Å². The number of aromatic nitrogens is 1. The Kier molecular flexibility index (Phi) is 6.02. The summed E-state index contributed by atoms with van der Waals surface area (Å²) < 4.78 is 1.02. The Balaban J connectivity index is 2.09. The van der Waals surface area contributed by atoms with Gasteiger partial charge in [0.25, 0.3) is 0 Å². The van der Waals surface area contributed by atoms with Gasteiger partial charge in [0, 0.05) is 21.9 Å². The second-order valence-corrected chi connectivity index (χ2v) is 6.26. The summed E-state index contributed by atoms with van der Waals surface area (Å²) in [6.07, 6.45) is 5.69. The number of hydrogen-bond acceptors (Lipinski definition) is 2. The van der Waals surface area contributed by atoms with Gasteiger partial charge in [0.1, 0.15) is 0 Å². The van der Waals surface area contributed by atoms with Crippen LogP contribution in [0, 0.1) is 5.92 Å². The number of pyridine rings is 1. The topological polar surface area (TPSA) is 24.9 Å². The van der Waals surface area contributed by atoms with E-state index in [4.69, 9.17) is 11.6 Å². The van der Waals surface area contributed by atoms with E-state index in [1.807, 2.05) is 37.6 Å². The lowest BCUT2D eigenvalue weighted by molar-refractivity contribution is 0.492. The standard InChI is InChI=1S/C16H18BrClN2/c1-19-9-12(6-13-8-15(17)11-20-10-13)7-14-4-2-3-5-16(14)18/h2-5,8,10-12,19H,6-7,9H2,1H3. The van der Waals surface area contributed by atoms with E-state index in [-0.39, 0.29) is 0 Å². The molecule has 0 aliphatic heterocycles. The molecule has 0 amide bonds. The summed E-state index contributed by atoms with van der Waals surface area (Å²) in [6.45, 7) is 0.956. The van der Waals surface area contributed by atoms with E-state index in [0.29, 0.717) is 5.92 Å². The summed E-state index contributed by atoms with van der Waals surface area (Å²) in [7, 11) is 1.98. The van der Waals surface area contributed by atoms with Gasteiger partial charge >= 0.3 is 0 Å². The lowest BCUT2D eigenvalue weighted by atomic mass is 9.93. The van der Waals surface area contributed by atoms with Crippen LogP contribution in [-0.2, 0) is 12.8 Å². The van der Waals surface area contributed by atoms with Gasteiger partial charge in [0.05, 0.1) is 0 Å². The Morgan fingerprint density at radius 3 is 2.75 bits per heavy atom. The third kappa shape index (κ3) is 4.58. The van der Waals surface area contributed by atoms with Gasteiger partial charge in [-0.3, -0.25) is 4.98 Å². The minimum atomic E-state index is 0.496. The van der Waals surface area contributed by atoms with E-state index in [2.05, 4.69) is 38.4 Å². The Labute approximate surface area is 133 Å². The first-order valence-corrected chi connectivity index (χ1v) is 7.83. The molecule has 1 N–H and O–H groups in total. The molecule has 2 aromatic rings. The molecule has 20 heavy (non-hydrogen) atoms. The highest BCUT2D eigenvalue weighted by atomic mass is 79.9. The average molecular weight is 354 g/mol. The van der Waals surface area contributed by atoms with Crippen molar-refractivity contribution in [3.05, 3.63) is 63.3 Å². The van der Waals surface area contributed by atoms with Crippen molar-refractivity contribution < 1.29 is 0 Å². The van der Waals surface area contributed by atoms with Crippen LogP contribution in [0.2, 0.25) is 5.02 Å². The second kappa shape index (κ2) is 7.77. The molecule has 2 rings (SSSR count). The molecule has 0 bridgehead atoms. The van der Waals surface area contributed by atoms with E-state index in [1.54, 1.807) is 0 Å². The predicted octanol–water partition coefficient (Wildman–Crippen LogP) is 4.12. The van der Waals surface area contributed by atoms with Crippen LogP contribution < -0.4 is 5.32 Å². The third-order valence-corrected chi connectivity index (χ3v) is 4.05. The fourth-order valence-corrected chi connectivity index (χ4v) is 3.01. The zero-order valence-corrected chi connectivity index (χ0v) is 13.8. The minimum Gasteiger partial charge on any atom is -0.319 e. The number of rotatable bonds is 6. The number of nitrogens with one attached hydrogen (secondary N) is 1. The van der Waals surface area contributed by atoms with Crippen LogP contribution >= 0.6 is 27.5 Å². The molecule has 0 spiro atoms. The van der Waals surface area contributed by atoms with Gasteiger partial charge in [0.2, 0.25) is 0 Å². The molecular weight excluding hydrogens is 336 g/mol. The predicted molar refractivity (Wildman–Crippen MR) is 88.2 cm³/mol. The molecule has 0 saturated carbocycles. The van der Waals surface area contributed by atoms with Crippen molar-refractivity contribution in [2.24, 2.45) is 5.92 Å². The second-order valence-electron chi connectivity index (χ2n) is 4.93. The van der Waals surface area contributed by atoms with Crippen LogP contribution in [0.15, 0.2) is 47.2 Å². The molecule has 0 aliphatic rings. The van der Waals surface area contributed by atoms with Crippen molar-refractivity contribution in [3.8, 4) is 0 Å². The summed E-state index contributed by atoms with van der Waals surface area (Å²) in [5.74, 6) is 0.496. The van der Waals surface area contributed by atoms with E-state index < -0.39 is 0 Å². The molecule has 106 valence electrons. The van der Waals surface area contributed by atoms with Crippen molar-refractivity contribution in [3.63, 3.8) is 0 Å². The van der Waals surface area contributed by atoms with Crippen molar-refractivity contribution in [2.45, 2.75) is 12.8 Å². The van der Waals surface area contributed by atoms with Crippen LogP contribution in [0.3, 0.4) is 0 Å². The Morgan fingerprint density at radius 2 is 2.05 bits per heavy atom. The highest BCUT2D eigenvalue weighted by Gasteiger charge is 2.12. The Hall–Kier alpha value is -0.900. The lowest BCUT2D eigenvalue weighted by Gasteiger charge is -2.17. The van der Waals surface area contributed by atoms with E-state index in [1.165, 1.54) is 11.1 Å². The SMILES string of the molecule is CNCC(Cc1cncc(Br)c1)Cc1ccccc1Cl. The zero-order valence-electron chi connectivity index (χ0n) is 11.4. The number of hydrogen-bond donors (Lipinski definition) is 1. The first kappa shape index (κ1) is 15.5. The molecule has 1 heterocycles. The summed E-state index contributed by atoms with van der Waals surface area (Å²) in [6, 6.07) is 10.2. The van der Waals surface area contributed by atoms with Gasteiger partial charge in [-0.15, -0.1) is 0 Å². The summed E-state index contributed by atoms with van der Waals surface area (Å²) in [5, 5.41) is 4.12. The van der Waals surface area contributed by atoms with Crippen LogP contribution in [-0.4, -0.2) is 18.6 Å². The van der Waals surface area contributed by atoms with Gasteiger partial charge in [-0.2, -0.15) is 0 Å². The fraction of sp³-hybridized carbons (Fsp3) is 0.312. The maximum absolute atomic E-state index is 6.26. The lowest BCUT2D eigenvalue weighted by Crippen LogP contribution is -2.23. The molecule has 1 aromatic heterocycles. The van der Waals surface area contributed by atoms with Crippen molar-refractivity contribution in [1.82, 2.24) is 10.3 Å². The molecule has 0 radical (unpaired) electrons. The van der Waals surface area contributed by atoms with Gasteiger partial charge in [-0.05, 0) is 71.5 Å². The smallest absolute Gasteiger partial charge is 0.0438 e. The maximum Gasteiger partial charge on any atom is 0.0438 e. The zero-order chi connectivity index (χ0) is 14.4. The number of halogens is 2. The first-order chi connectivity index (χ1) is 9.69. The largest absolute Gasteiger partial charge is 0.319 e. The van der Waals surface area contributed by atoms with Crippen molar-refractivity contribution in [2.75, 3.05) is 13.6 Å². The molecule has 1 unspecified atom stereocenters. The summed E-state index contributed by atoms with van der Waals surface area (Å²) in [4.78, 5) is 4.23. The molecule has 0 fully saturated rings. The molecule has 1 aromatic carbocycles. The van der Waals surface area contributed by atoms with Gasteiger partial charge in [0.15, 0.2) is 0 Å². The highest BCUT2D eigenvalue weighted by Crippen LogP contribution is 2.21. The van der Waals surface area contributed by atoms with Crippen LogP contribution in [0.25, 0.3) is 0 Å². The molecule has 0 saturated heterocycles. The van der Waals surface area contributed by atoms with E-state index in [9.17, 15) is 0 Å². The molecule has 0 aliphatic carbocycles. The van der Waals surface area contributed by atoms with Crippen molar-refractivity contribution in [1.29, 1.82) is 0 Å². The van der Waals surface area contributed by atoms with Gasteiger partial charge < -0.3 is 5.32 Å². The first-order valence-electron chi connectivity index (χ1n) is 6.66. The summed E-state index contributed by atoms with van der Waals surface area (Å²) >= 11 is 9.73. The van der Waals surface area contributed by atoms with Gasteiger partial charge in [-0.1, -0.05) is 29.8 Å². The van der Waals surface area contributed by atoms with E-state index in [0.717, 1.165) is 28.9 Å². The third-order valence-electron chi connectivity index (χ3n) is 3.25. The fourth-order valence-electron chi connectivity index (χ4n) is 2.38. The molecular formula is C16H18BrClN2. The summed E-state index contributed by atoms with van der Waals surface area (Å²) in [5.41, 5.74) is 2.45. The molecule has 1 atom stereocenters. The van der Waals surface area contributed by atoms with Crippen LogP contribution in [0.5, 0.6) is 0 Å². The van der Waals surface area contributed by atoms with Crippen molar-refractivity contribution >= 4 is 27.5 Å². The van der Waals surface area contributed by atoms with Crippen LogP contribution in [0.1, 0.15) is 11.1 Å². The number of benzene rings is 1.